The highest BCUT2D eigenvalue weighted by Crippen LogP contribution is 2.21. The fraction of sp³-hybridized carbons (Fsp3) is 0.214. The summed E-state index contributed by atoms with van der Waals surface area (Å²) in [5.41, 5.74) is 1.97. The average Bonchev–Trinajstić information content (AvgIpc) is 2.36. The van der Waals surface area contributed by atoms with E-state index in [-0.39, 0.29) is 12.6 Å². The number of aryl methyl sites for hydroxylation is 1. The maximum absolute atomic E-state index is 9.50. The van der Waals surface area contributed by atoms with Gasteiger partial charge in [0.1, 0.15) is 5.82 Å². The second-order valence-electron chi connectivity index (χ2n) is 4.10. The van der Waals surface area contributed by atoms with Gasteiger partial charge in [0.25, 0.3) is 0 Å². The smallest absolute Gasteiger partial charge is 0.126 e. The number of aliphatic hydroxyl groups is 1. The van der Waals surface area contributed by atoms with E-state index in [1.165, 1.54) is 0 Å². The van der Waals surface area contributed by atoms with Gasteiger partial charge in [0, 0.05) is 10.2 Å². The van der Waals surface area contributed by atoms with E-state index in [1.807, 2.05) is 49.4 Å². The predicted octanol–water partition coefficient (Wildman–Crippen LogP) is 3.30. The zero-order valence-corrected chi connectivity index (χ0v) is 11.7. The molecule has 3 nitrogen and oxygen atoms in total. The van der Waals surface area contributed by atoms with Crippen molar-refractivity contribution in [3.8, 4) is 0 Å². The lowest BCUT2D eigenvalue weighted by Crippen LogP contribution is -2.15. The highest BCUT2D eigenvalue weighted by Gasteiger charge is 2.10. The molecule has 2 N–H and O–H groups in total. The number of anilines is 1. The largest absolute Gasteiger partial charge is 0.394 e. The van der Waals surface area contributed by atoms with Gasteiger partial charge in [-0.3, -0.25) is 0 Å². The number of benzene rings is 1. The van der Waals surface area contributed by atoms with Crippen LogP contribution in [0.15, 0.2) is 46.9 Å². The molecule has 0 fully saturated rings. The van der Waals surface area contributed by atoms with Gasteiger partial charge < -0.3 is 10.4 Å². The lowest BCUT2D eigenvalue weighted by atomic mass is 10.1. The monoisotopic (exact) mass is 306 g/mol. The maximum Gasteiger partial charge on any atom is 0.126 e. The molecule has 0 spiro atoms. The molecule has 2 rings (SSSR count). The van der Waals surface area contributed by atoms with Crippen molar-refractivity contribution in [1.82, 2.24) is 4.98 Å². The first kappa shape index (κ1) is 13.1. The van der Waals surface area contributed by atoms with Gasteiger partial charge in [-0.25, -0.2) is 4.98 Å². The molecule has 0 radical (unpaired) electrons. The summed E-state index contributed by atoms with van der Waals surface area (Å²) >= 11 is 3.43. The minimum Gasteiger partial charge on any atom is -0.394 e. The number of halogens is 1. The first-order chi connectivity index (χ1) is 8.69. The Kier molecular flexibility index (Phi) is 4.33. The number of aromatic nitrogens is 1. The van der Waals surface area contributed by atoms with Gasteiger partial charge in [0.2, 0.25) is 0 Å². The summed E-state index contributed by atoms with van der Waals surface area (Å²) in [7, 11) is 0. The van der Waals surface area contributed by atoms with Crippen molar-refractivity contribution in [2.45, 2.75) is 13.0 Å². The molecule has 0 aliphatic rings. The van der Waals surface area contributed by atoms with Crippen LogP contribution in [-0.2, 0) is 0 Å². The van der Waals surface area contributed by atoms with Gasteiger partial charge in [-0.15, -0.1) is 0 Å². The molecule has 94 valence electrons. The van der Waals surface area contributed by atoms with E-state index < -0.39 is 0 Å². The Balaban J connectivity index is 2.19. The van der Waals surface area contributed by atoms with Gasteiger partial charge in [0.05, 0.1) is 12.6 Å². The van der Waals surface area contributed by atoms with Crippen LogP contribution in [0.4, 0.5) is 5.82 Å². The number of aliphatic hydroxyl groups excluding tert-OH is 1. The van der Waals surface area contributed by atoms with Crippen molar-refractivity contribution in [3.63, 3.8) is 0 Å². The molecule has 0 saturated carbocycles. The Hall–Kier alpha value is -1.39. The normalized spacial score (nSPS) is 12.2. The predicted molar refractivity (Wildman–Crippen MR) is 76.6 cm³/mol. The Bertz CT molecular complexity index is 531. The zero-order valence-electron chi connectivity index (χ0n) is 10.1. The minimum absolute atomic E-state index is 0.0199. The summed E-state index contributed by atoms with van der Waals surface area (Å²) < 4.78 is 0.998. The molecule has 0 saturated heterocycles. The third kappa shape index (κ3) is 3.31. The number of rotatable bonds is 4. The standard InChI is InChI=1S/C14H15BrN2O/c1-10-4-2-7-14(16-10)17-13(9-18)11-5-3-6-12(15)8-11/h2-8,13,18H,9H2,1H3,(H,16,17)/t13-/m0/s1. The third-order valence-corrected chi connectivity index (χ3v) is 3.14. The first-order valence-electron chi connectivity index (χ1n) is 5.75. The summed E-state index contributed by atoms with van der Waals surface area (Å²) in [6.07, 6.45) is 0. The second-order valence-corrected chi connectivity index (χ2v) is 5.01. The molecule has 0 bridgehead atoms. The molecular weight excluding hydrogens is 292 g/mol. The molecule has 0 aliphatic heterocycles. The fourth-order valence-corrected chi connectivity index (χ4v) is 2.18. The van der Waals surface area contributed by atoms with E-state index in [0.717, 1.165) is 21.5 Å². The quantitative estimate of drug-likeness (QED) is 0.911. The van der Waals surface area contributed by atoms with E-state index in [2.05, 4.69) is 26.2 Å². The average molecular weight is 307 g/mol. The second kappa shape index (κ2) is 5.98. The Morgan fingerprint density at radius 1 is 1.28 bits per heavy atom. The summed E-state index contributed by atoms with van der Waals surface area (Å²) in [4.78, 5) is 4.37. The lowest BCUT2D eigenvalue weighted by Gasteiger charge is -2.17. The van der Waals surface area contributed by atoms with E-state index in [0.29, 0.717) is 0 Å². The molecule has 1 atom stereocenters. The first-order valence-corrected chi connectivity index (χ1v) is 6.55. The van der Waals surface area contributed by atoms with Gasteiger partial charge in [-0.1, -0.05) is 34.1 Å². The topological polar surface area (TPSA) is 45.1 Å². The van der Waals surface area contributed by atoms with E-state index in [1.54, 1.807) is 0 Å². The summed E-state index contributed by atoms with van der Waals surface area (Å²) in [5, 5.41) is 12.7. The fourth-order valence-electron chi connectivity index (χ4n) is 1.76. The van der Waals surface area contributed by atoms with Crippen molar-refractivity contribution in [1.29, 1.82) is 0 Å². The highest BCUT2D eigenvalue weighted by molar-refractivity contribution is 9.10. The summed E-state index contributed by atoms with van der Waals surface area (Å²) in [5.74, 6) is 0.772. The minimum atomic E-state index is -0.156. The van der Waals surface area contributed by atoms with Crippen molar-refractivity contribution in [2.75, 3.05) is 11.9 Å². The van der Waals surface area contributed by atoms with Crippen molar-refractivity contribution in [3.05, 3.63) is 58.2 Å². The molecule has 0 aliphatic carbocycles. The summed E-state index contributed by atoms with van der Waals surface area (Å²) in [6.45, 7) is 1.96. The van der Waals surface area contributed by atoms with E-state index in [9.17, 15) is 5.11 Å². The van der Waals surface area contributed by atoms with Gasteiger partial charge >= 0.3 is 0 Å². The number of nitrogens with one attached hydrogen (secondary N) is 1. The van der Waals surface area contributed by atoms with Crippen LogP contribution in [0.2, 0.25) is 0 Å². The highest BCUT2D eigenvalue weighted by atomic mass is 79.9. The van der Waals surface area contributed by atoms with Crippen LogP contribution >= 0.6 is 15.9 Å². The van der Waals surface area contributed by atoms with Crippen molar-refractivity contribution in [2.24, 2.45) is 0 Å². The Morgan fingerprint density at radius 2 is 2.06 bits per heavy atom. The van der Waals surface area contributed by atoms with Crippen molar-refractivity contribution >= 4 is 21.7 Å². The van der Waals surface area contributed by atoms with Gasteiger partial charge in [-0.05, 0) is 36.8 Å². The Morgan fingerprint density at radius 3 is 2.72 bits per heavy atom. The van der Waals surface area contributed by atoms with Crippen LogP contribution < -0.4 is 5.32 Å². The van der Waals surface area contributed by atoms with Gasteiger partial charge in [0.15, 0.2) is 0 Å². The van der Waals surface area contributed by atoms with Crippen LogP contribution in [0.3, 0.4) is 0 Å². The molecule has 0 unspecified atom stereocenters. The maximum atomic E-state index is 9.50. The van der Waals surface area contributed by atoms with Gasteiger partial charge in [-0.2, -0.15) is 0 Å². The lowest BCUT2D eigenvalue weighted by molar-refractivity contribution is 0.276. The van der Waals surface area contributed by atoms with E-state index >= 15 is 0 Å². The number of hydrogen-bond donors (Lipinski definition) is 2. The zero-order chi connectivity index (χ0) is 13.0. The van der Waals surface area contributed by atoms with Crippen LogP contribution in [-0.4, -0.2) is 16.7 Å². The van der Waals surface area contributed by atoms with E-state index in [4.69, 9.17) is 0 Å². The summed E-state index contributed by atoms with van der Waals surface area (Å²) in [6, 6.07) is 13.5. The molecule has 18 heavy (non-hydrogen) atoms. The number of hydrogen-bond acceptors (Lipinski definition) is 3. The van der Waals surface area contributed by atoms with Crippen LogP contribution in [0, 0.1) is 6.92 Å². The molecule has 1 heterocycles. The van der Waals surface area contributed by atoms with Crippen LogP contribution in [0.1, 0.15) is 17.3 Å². The molecule has 1 aromatic carbocycles. The molecule has 0 amide bonds. The number of pyridine rings is 1. The van der Waals surface area contributed by atoms with Crippen LogP contribution in [0.5, 0.6) is 0 Å². The third-order valence-electron chi connectivity index (χ3n) is 2.64. The van der Waals surface area contributed by atoms with Crippen molar-refractivity contribution < 1.29 is 5.11 Å². The SMILES string of the molecule is Cc1cccc(N[C@@H](CO)c2cccc(Br)c2)n1. The molecule has 1 aromatic heterocycles. The molecular formula is C14H15BrN2O. The molecule has 2 aromatic rings. The Labute approximate surface area is 115 Å². The molecule has 4 heteroatoms. The van der Waals surface area contributed by atoms with Crippen LogP contribution in [0.25, 0.3) is 0 Å². The number of nitrogens with zero attached hydrogens (tertiary/aromatic N) is 1.